The minimum Gasteiger partial charge on any atom is -0.259 e. The third kappa shape index (κ3) is 1.94. The molecule has 0 atom stereocenters. The van der Waals surface area contributed by atoms with Crippen LogP contribution in [0.1, 0.15) is 5.01 Å². The van der Waals surface area contributed by atoms with E-state index in [4.69, 9.17) is 0 Å². The van der Waals surface area contributed by atoms with E-state index in [9.17, 15) is 10.1 Å². The standard InChI is InChI=1S/C5H4N2O2S/c8-7(9)3-1-5-6-2-4-10-5/h1-4H/b3-1+. The molecular weight excluding hydrogens is 152 g/mol. The van der Waals surface area contributed by atoms with Crippen LogP contribution in [0.15, 0.2) is 17.8 Å². The minimum atomic E-state index is -0.512. The molecule has 10 heavy (non-hydrogen) atoms. The summed E-state index contributed by atoms with van der Waals surface area (Å²) in [5, 5.41) is 12.2. The van der Waals surface area contributed by atoms with Crippen molar-refractivity contribution >= 4 is 17.4 Å². The molecule has 0 spiro atoms. The zero-order valence-electron chi connectivity index (χ0n) is 4.93. The van der Waals surface area contributed by atoms with Gasteiger partial charge in [-0.1, -0.05) is 0 Å². The summed E-state index contributed by atoms with van der Waals surface area (Å²) in [6.07, 6.45) is 3.84. The van der Waals surface area contributed by atoms with E-state index < -0.39 is 4.92 Å². The van der Waals surface area contributed by atoms with Gasteiger partial charge in [0.15, 0.2) is 0 Å². The van der Waals surface area contributed by atoms with Crippen molar-refractivity contribution in [3.05, 3.63) is 32.9 Å². The van der Waals surface area contributed by atoms with E-state index in [1.165, 1.54) is 17.4 Å². The fraction of sp³-hybridized carbons (Fsp3) is 0. The molecular formula is C5H4N2O2S. The molecule has 1 heterocycles. The number of rotatable bonds is 2. The molecule has 0 aliphatic rings. The Morgan fingerprint density at radius 3 is 3.10 bits per heavy atom. The number of thiazole rings is 1. The Kier molecular flexibility index (Phi) is 2.11. The van der Waals surface area contributed by atoms with Gasteiger partial charge in [0.1, 0.15) is 5.01 Å². The van der Waals surface area contributed by atoms with E-state index in [1.807, 2.05) is 0 Å². The summed E-state index contributed by atoms with van der Waals surface area (Å²) in [7, 11) is 0. The molecule has 0 unspecified atom stereocenters. The van der Waals surface area contributed by atoms with Crippen molar-refractivity contribution in [3.63, 3.8) is 0 Å². The largest absolute Gasteiger partial charge is 0.259 e. The molecule has 0 saturated heterocycles. The molecule has 0 aliphatic carbocycles. The van der Waals surface area contributed by atoms with Crippen molar-refractivity contribution in [3.8, 4) is 0 Å². The van der Waals surface area contributed by atoms with E-state index in [2.05, 4.69) is 4.98 Å². The predicted octanol–water partition coefficient (Wildman–Crippen LogP) is 1.39. The summed E-state index contributed by atoms with van der Waals surface area (Å²) in [5.74, 6) is 0. The molecule has 1 rings (SSSR count). The zero-order valence-corrected chi connectivity index (χ0v) is 5.75. The van der Waals surface area contributed by atoms with Gasteiger partial charge in [-0.3, -0.25) is 10.1 Å². The third-order valence-electron chi connectivity index (χ3n) is 0.790. The lowest BCUT2D eigenvalue weighted by molar-refractivity contribution is -0.400. The molecule has 0 amide bonds. The quantitative estimate of drug-likeness (QED) is 0.480. The molecule has 1 aromatic rings. The van der Waals surface area contributed by atoms with Crippen molar-refractivity contribution in [2.75, 3.05) is 0 Å². The number of hydrogen-bond donors (Lipinski definition) is 0. The highest BCUT2D eigenvalue weighted by Crippen LogP contribution is 2.04. The lowest BCUT2D eigenvalue weighted by atomic mass is 10.6. The van der Waals surface area contributed by atoms with Crippen molar-refractivity contribution in [2.45, 2.75) is 0 Å². The maximum Gasteiger partial charge on any atom is 0.237 e. The summed E-state index contributed by atoms with van der Waals surface area (Å²) in [5.41, 5.74) is 0. The Balaban J connectivity index is 2.64. The van der Waals surface area contributed by atoms with E-state index in [-0.39, 0.29) is 0 Å². The molecule has 0 saturated carbocycles. The van der Waals surface area contributed by atoms with Crippen LogP contribution >= 0.6 is 11.3 Å². The number of hydrogen-bond acceptors (Lipinski definition) is 4. The molecule has 1 aromatic heterocycles. The monoisotopic (exact) mass is 156 g/mol. The number of nitro groups is 1. The molecule has 0 N–H and O–H groups in total. The Labute approximate surface area is 61.0 Å². The average molecular weight is 156 g/mol. The van der Waals surface area contributed by atoms with Gasteiger partial charge in [-0.15, -0.1) is 11.3 Å². The van der Waals surface area contributed by atoms with Crippen molar-refractivity contribution in [1.82, 2.24) is 4.98 Å². The maximum atomic E-state index is 9.79. The van der Waals surface area contributed by atoms with Crippen molar-refractivity contribution in [2.24, 2.45) is 0 Å². The first kappa shape index (κ1) is 6.88. The summed E-state index contributed by atoms with van der Waals surface area (Å²) >= 11 is 1.36. The van der Waals surface area contributed by atoms with Gasteiger partial charge >= 0.3 is 0 Å². The van der Waals surface area contributed by atoms with E-state index >= 15 is 0 Å². The molecule has 0 fully saturated rings. The van der Waals surface area contributed by atoms with Crippen molar-refractivity contribution in [1.29, 1.82) is 0 Å². The van der Waals surface area contributed by atoms with Crippen LogP contribution in [0.5, 0.6) is 0 Å². The third-order valence-corrected chi connectivity index (χ3v) is 1.53. The van der Waals surface area contributed by atoms with Gasteiger partial charge in [0, 0.05) is 17.7 Å². The highest BCUT2D eigenvalue weighted by molar-refractivity contribution is 7.10. The second-order valence-corrected chi connectivity index (χ2v) is 2.40. The van der Waals surface area contributed by atoms with E-state index in [1.54, 1.807) is 11.6 Å². The summed E-state index contributed by atoms with van der Waals surface area (Å²) in [4.78, 5) is 13.1. The Bertz CT molecular complexity index is 242. The Morgan fingerprint density at radius 1 is 1.80 bits per heavy atom. The topological polar surface area (TPSA) is 56.0 Å². The molecule has 4 nitrogen and oxygen atoms in total. The minimum absolute atomic E-state index is 0.512. The molecule has 52 valence electrons. The Morgan fingerprint density at radius 2 is 2.60 bits per heavy atom. The van der Waals surface area contributed by atoms with Crippen LogP contribution in [0.3, 0.4) is 0 Å². The smallest absolute Gasteiger partial charge is 0.237 e. The van der Waals surface area contributed by atoms with E-state index in [0.29, 0.717) is 5.01 Å². The first-order valence-electron chi connectivity index (χ1n) is 2.50. The normalized spacial score (nSPS) is 10.4. The van der Waals surface area contributed by atoms with Crippen LogP contribution < -0.4 is 0 Å². The van der Waals surface area contributed by atoms with Gasteiger partial charge in [0.05, 0.1) is 4.92 Å². The lowest BCUT2D eigenvalue weighted by Crippen LogP contribution is -1.81. The van der Waals surface area contributed by atoms with Crippen molar-refractivity contribution < 1.29 is 4.92 Å². The molecule has 5 heteroatoms. The summed E-state index contributed by atoms with van der Waals surface area (Å²) in [6.45, 7) is 0. The van der Waals surface area contributed by atoms with Gasteiger partial charge in [0.2, 0.25) is 6.20 Å². The average Bonchev–Trinajstić information content (AvgIpc) is 2.34. The van der Waals surface area contributed by atoms with Crippen LogP contribution in [0, 0.1) is 10.1 Å². The van der Waals surface area contributed by atoms with Crippen LogP contribution in [-0.2, 0) is 0 Å². The number of nitrogens with zero attached hydrogens (tertiary/aromatic N) is 2. The zero-order chi connectivity index (χ0) is 7.40. The highest BCUT2D eigenvalue weighted by Gasteiger charge is 1.89. The SMILES string of the molecule is O=[N+]([O-])/C=C/c1nccs1. The fourth-order valence-corrected chi connectivity index (χ4v) is 0.964. The van der Waals surface area contributed by atoms with Gasteiger partial charge in [-0.25, -0.2) is 4.98 Å². The van der Waals surface area contributed by atoms with Gasteiger partial charge in [-0.05, 0) is 0 Å². The van der Waals surface area contributed by atoms with Gasteiger partial charge in [0.25, 0.3) is 0 Å². The first-order chi connectivity index (χ1) is 4.79. The maximum absolute atomic E-state index is 9.79. The van der Waals surface area contributed by atoms with Gasteiger partial charge in [-0.2, -0.15) is 0 Å². The van der Waals surface area contributed by atoms with Crippen LogP contribution in [0.4, 0.5) is 0 Å². The number of aromatic nitrogens is 1. The molecule has 0 bridgehead atoms. The molecule has 0 radical (unpaired) electrons. The fourth-order valence-electron chi connectivity index (χ4n) is 0.441. The highest BCUT2D eigenvalue weighted by atomic mass is 32.1. The molecule has 0 aromatic carbocycles. The van der Waals surface area contributed by atoms with Crippen LogP contribution in [0.2, 0.25) is 0 Å². The predicted molar refractivity (Wildman–Crippen MR) is 38.1 cm³/mol. The van der Waals surface area contributed by atoms with Gasteiger partial charge < -0.3 is 0 Å². The van der Waals surface area contributed by atoms with Crippen LogP contribution in [-0.4, -0.2) is 9.91 Å². The second-order valence-electron chi connectivity index (χ2n) is 1.47. The summed E-state index contributed by atoms with van der Waals surface area (Å²) in [6, 6.07) is 0. The van der Waals surface area contributed by atoms with Crippen LogP contribution in [0.25, 0.3) is 6.08 Å². The second kappa shape index (κ2) is 3.07. The first-order valence-corrected chi connectivity index (χ1v) is 3.38. The molecule has 0 aliphatic heterocycles. The Hall–Kier alpha value is -1.23. The summed E-state index contributed by atoms with van der Waals surface area (Å²) < 4.78 is 0. The van der Waals surface area contributed by atoms with E-state index in [0.717, 1.165) is 6.20 Å². The lowest BCUT2D eigenvalue weighted by Gasteiger charge is -1.76.